The highest BCUT2D eigenvalue weighted by Crippen LogP contribution is 2.30. The van der Waals surface area contributed by atoms with Gasteiger partial charge in [0, 0.05) is 26.2 Å². The Balaban J connectivity index is 2.39. The van der Waals surface area contributed by atoms with E-state index in [9.17, 15) is 13.2 Å². The summed E-state index contributed by atoms with van der Waals surface area (Å²) in [7, 11) is -0.431. The number of hydrogen-bond acceptors (Lipinski definition) is 6. The summed E-state index contributed by atoms with van der Waals surface area (Å²) < 4.78 is 31.6. The van der Waals surface area contributed by atoms with Gasteiger partial charge in [0.05, 0.1) is 7.11 Å². The number of esters is 1. The van der Waals surface area contributed by atoms with Gasteiger partial charge in [-0.2, -0.15) is 4.31 Å². The van der Waals surface area contributed by atoms with Crippen molar-refractivity contribution in [1.29, 1.82) is 0 Å². The van der Waals surface area contributed by atoms with Crippen LogP contribution in [0.1, 0.15) is 15.2 Å². The number of carbonyl (C=O) groups is 1. The summed E-state index contributed by atoms with van der Waals surface area (Å²) in [6.45, 7) is 3.96. The van der Waals surface area contributed by atoms with Crippen molar-refractivity contribution in [2.75, 3.05) is 40.3 Å². The summed E-state index contributed by atoms with van der Waals surface area (Å²) in [5.41, 5.74) is 0.592. The van der Waals surface area contributed by atoms with Crippen molar-refractivity contribution in [2.45, 2.75) is 11.8 Å². The van der Waals surface area contributed by atoms with Crippen molar-refractivity contribution < 1.29 is 17.9 Å². The number of ether oxygens (including phenoxy) is 1. The van der Waals surface area contributed by atoms with Gasteiger partial charge < -0.3 is 9.64 Å². The zero-order valence-corrected chi connectivity index (χ0v) is 13.4. The third-order valence-electron chi connectivity index (χ3n) is 3.35. The number of likely N-dealkylation sites (N-methyl/N-ethyl adjacent to an activating group) is 1. The van der Waals surface area contributed by atoms with E-state index in [1.807, 2.05) is 7.05 Å². The van der Waals surface area contributed by atoms with E-state index < -0.39 is 16.0 Å². The lowest BCUT2D eigenvalue weighted by Gasteiger charge is -2.31. The first-order valence-corrected chi connectivity index (χ1v) is 8.55. The van der Waals surface area contributed by atoms with Crippen molar-refractivity contribution in [1.82, 2.24) is 9.21 Å². The molecule has 0 spiro atoms. The quantitative estimate of drug-likeness (QED) is 0.771. The number of aryl methyl sites for hydroxylation is 1. The molecule has 6 nitrogen and oxygen atoms in total. The largest absolute Gasteiger partial charge is 0.465 e. The molecule has 0 aromatic carbocycles. The summed E-state index contributed by atoms with van der Waals surface area (Å²) in [5.74, 6) is -0.601. The van der Waals surface area contributed by atoms with Crippen LogP contribution in [0.3, 0.4) is 0 Å². The van der Waals surface area contributed by atoms with E-state index in [4.69, 9.17) is 0 Å². The van der Waals surface area contributed by atoms with E-state index in [0.717, 1.165) is 11.3 Å². The van der Waals surface area contributed by atoms with Gasteiger partial charge in [0.25, 0.3) is 0 Å². The Labute approximate surface area is 123 Å². The Morgan fingerprint density at radius 3 is 2.45 bits per heavy atom. The van der Waals surface area contributed by atoms with Crippen LogP contribution in [-0.4, -0.2) is 63.9 Å². The van der Waals surface area contributed by atoms with Crippen molar-refractivity contribution in [3.63, 3.8) is 0 Å². The smallest absolute Gasteiger partial charge is 0.349 e. The Bertz CT molecular complexity index is 601. The number of rotatable bonds is 3. The summed E-state index contributed by atoms with van der Waals surface area (Å²) in [5, 5.41) is 1.68. The average molecular weight is 318 g/mol. The number of piperazine rings is 1. The van der Waals surface area contributed by atoms with E-state index in [1.165, 1.54) is 11.4 Å². The van der Waals surface area contributed by atoms with Gasteiger partial charge in [-0.15, -0.1) is 11.3 Å². The molecule has 1 saturated heterocycles. The first-order chi connectivity index (χ1) is 9.37. The summed E-state index contributed by atoms with van der Waals surface area (Å²) >= 11 is 1.11. The van der Waals surface area contributed by atoms with Gasteiger partial charge in [-0.1, -0.05) is 0 Å². The number of methoxy groups -OCH3 is 1. The van der Waals surface area contributed by atoms with Gasteiger partial charge in [-0.05, 0) is 24.9 Å². The third-order valence-corrected chi connectivity index (χ3v) is 6.64. The zero-order valence-electron chi connectivity index (χ0n) is 11.7. The molecule has 1 aliphatic rings. The first kappa shape index (κ1) is 15.4. The van der Waals surface area contributed by atoms with Gasteiger partial charge in [0.2, 0.25) is 10.0 Å². The lowest BCUT2D eigenvalue weighted by atomic mass is 10.3. The van der Waals surface area contributed by atoms with Crippen LogP contribution in [-0.2, 0) is 14.8 Å². The van der Waals surface area contributed by atoms with E-state index in [2.05, 4.69) is 9.64 Å². The van der Waals surface area contributed by atoms with Crippen molar-refractivity contribution in [2.24, 2.45) is 0 Å². The minimum absolute atomic E-state index is 0.0962. The van der Waals surface area contributed by atoms with Crippen LogP contribution >= 0.6 is 11.3 Å². The Morgan fingerprint density at radius 1 is 1.30 bits per heavy atom. The highest BCUT2D eigenvalue weighted by molar-refractivity contribution is 7.89. The van der Waals surface area contributed by atoms with Crippen LogP contribution in [0.15, 0.2) is 10.3 Å². The molecule has 0 bridgehead atoms. The van der Waals surface area contributed by atoms with Crippen LogP contribution in [0.2, 0.25) is 0 Å². The molecule has 2 rings (SSSR count). The number of sulfonamides is 1. The predicted molar refractivity (Wildman–Crippen MR) is 76.7 cm³/mol. The molecule has 112 valence electrons. The van der Waals surface area contributed by atoms with Crippen LogP contribution in [0.5, 0.6) is 0 Å². The second-order valence-electron chi connectivity index (χ2n) is 4.78. The topological polar surface area (TPSA) is 66.9 Å². The Morgan fingerprint density at radius 2 is 1.90 bits per heavy atom. The molecule has 0 saturated carbocycles. The molecular formula is C12H18N2O4S2. The fraction of sp³-hybridized carbons (Fsp3) is 0.583. The molecule has 1 fully saturated rings. The predicted octanol–water partition coefficient (Wildman–Crippen LogP) is 0.779. The second kappa shape index (κ2) is 5.80. The summed E-state index contributed by atoms with van der Waals surface area (Å²) in [6, 6.07) is 0. The van der Waals surface area contributed by atoms with Crippen LogP contribution < -0.4 is 0 Å². The molecule has 2 heterocycles. The zero-order chi connectivity index (χ0) is 14.9. The van der Waals surface area contributed by atoms with Crippen molar-refractivity contribution >= 4 is 27.3 Å². The number of thiophene rings is 1. The first-order valence-electron chi connectivity index (χ1n) is 6.23. The van der Waals surface area contributed by atoms with Gasteiger partial charge in [0.1, 0.15) is 9.77 Å². The number of hydrogen-bond donors (Lipinski definition) is 0. The molecule has 0 radical (unpaired) electrons. The minimum Gasteiger partial charge on any atom is -0.465 e. The van der Waals surface area contributed by atoms with Gasteiger partial charge >= 0.3 is 5.97 Å². The molecule has 0 atom stereocenters. The fourth-order valence-electron chi connectivity index (χ4n) is 2.15. The maximum atomic E-state index is 12.7. The molecule has 1 aliphatic heterocycles. The Kier molecular flexibility index (Phi) is 4.48. The van der Waals surface area contributed by atoms with Gasteiger partial charge in [-0.25, -0.2) is 13.2 Å². The molecule has 1 aromatic heterocycles. The monoisotopic (exact) mass is 318 g/mol. The maximum absolute atomic E-state index is 12.7. The van der Waals surface area contributed by atoms with E-state index in [0.29, 0.717) is 31.7 Å². The molecular weight excluding hydrogens is 300 g/mol. The normalized spacial score (nSPS) is 18.1. The second-order valence-corrected chi connectivity index (χ2v) is 7.53. The van der Waals surface area contributed by atoms with E-state index in [1.54, 1.807) is 12.3 Å². The average Bonchev–Trinajstić information content (AvgIpc) is 2.81. The molecule has 0 amide bonds. The van der Waals surface area contributed by atoms with Gasteiger partial charge in [0.15, 0.2) is 0 Å². The number of nitrogens with zero attached hydrogens (tertiary/aromatic N) is 2. The molecule has 8 heteroatoms. The van der Waals surface area contributed by atoms with Gasteiger partial charge in [-0.3, -0.25) is 0 Å². The lowest BCUT2D eigenvalue weighted by Crippen LogP contribution is -2.47. The number of carbonyl (C=O) groups excluding carboxylic acids is 1. The standard InChI is InChI=1S/C12H18N2O4S2/c1-9-8-19-10(12(15)18-3)11(9)20(16,17)14-6-4-13(2)5-7-14/h8H,4-7H2,1-3H3. The van der Waals surface area contributed by atoms with Crippen LogP contribution in [0.25, 0.3) is 0 Å². The molecule has 1 aromatic rings. The Hall–Kier alpha value is -0.960. The van der Waals surface area contributed by atoms with Crippen LogP contribution in [0, 0.1) is 6.92 Å². The van der Waals surface area contributed by atoms with Crippen LogP contribution in [0.4, 0.5) is 0 Å². The maximum Gasteiger partial charge on any atom is 0.349 e. The molecule has 0 unspecified atom stereocenters. The van der Waals surface area contributed by atoms with Crippen molar-refractivity contribution in [3.8, 4) is 0 Å². The minimum atomic E-state index is -3.64. The third kappa shape index (κ3) is 2.73. The summed E-state index contributed by atoms with van der Waals surface area (Å²) in [4.78, 5) is 14.1. The fourth-order valence-corrected chi connectivity index (χ4v) is 5.23. The molecule has 0 N–H and O–H groups in total. The summed E-state index contributed by atoms with van der Waals surface area (Å²) in [6.07, 6.45) is 0. The molecule has 20 heavy (non-hydrogen) atoms. The SMILES string of the molecule is COC(=O)c1scc(C)c1S(=O)(=O)N1CCN(C)CC1. The lowest BCUT2D eigenvalue weighted by molar-refractivity contribution is 0.0602. The highest BCUT2D eigenvalue weighted by atomic mass is 32.2. The van der Waals surface area contributed by atoms with E-state index in [-0.39, 0.29) is 9.77 Å². The highest BCUT2D eigenvalue weighted by Gasteiger charge is 2.33. The van der Waals surface area contributed by atoms with Crippen molar-refractivity contribution in [3.05, 3.63) is 15.8 Å². The molecule has 0 aliphatic carbocycles. The van der Waals surface area contributed by atoms with E-state index >= 15 is 0 Å².